The molecule has 0 bridgehead atoms. The molecule has 5 aromatic rings. The minimum atomic E-state index is -0.544. The molecule has 0 fully saturated rings. The lowest BCUT2D eigenvalue weighted by atomic mass is 9.95. The molecular formula is C24H17N5O2S. The molecule has 3 heterocycles. The smallest absolute Gasteiger partial charge is 0.256 e. The quantitative estimate of drug-likeness (QED) is 0.316. The van der Waals surface area contributed by atoms with E-state index in [1.807, 2.05) is 48.5 Å². The predicted octanol–water partition coefficient (Wildman–Crippen LogP) is 4.83. The van der Waals surface area contributed by atoms with Gasteiger partial charge in [0.2, 0.25) is 5.96 Å². The average molecular weight is 440 g/mol. The molecule has 0 aliphatic carbocycles. The summed E-state index contributed by atoms with van der Waals surface area (Å²) in [6.45, 7) is 0. The zero-order chi connectivity index (χ0) is 21.7. The maximum atomic E-state index is 13.1. The largest absolute Gasteiger partial charge is 0.508 e. The zero-order valence-electron chi connectivity index (χ0n) is 16.7. The molecule has 1 aliphatic rings. The van der Waals surface area contributed by atoms with Gasteiger partial charge in [-0.25, -0.2) is 9.98 Å². The summed E-state index contributed by atoms with van der Waals surface area (Å²) in [6, 6.07) is 21.8. The number of phenolic OH excluding ortho intramolecular Hbond substituents is 1. The first kappa shape index (κ1) is 18.6. The summed E-state index contributed by atoms with van der Waals surface area (Å²) in [5, 5.41) is 17.9. The van der Waals surface area contributed by atoms with Gasteiger partial charge in [-0.1, -0.05) is 53.8 Å². The van der Waals surface area contributed by atoms with Crippen LogP contribution in [-0.2, 0) is 0 Å². The van der Waals surface area contributed by atoms with Crippen molar-refractivity contribution in [3.8, 4) is 5.75 Å². The molecule has 0 saturated carbocycles. The Morgan fingerprint density at radius 1 is 0.969 bits per heavy atom. The maximum Gasteiger partial charge on any atom is 0.256 e. The van der Waals surface area contributed by atoms with Crippen LogP contribution in [0.1, 0.15) is 17.2 Å². The number of thiazole rings is 1. The molecule has 2 aromatic heterocycles. The topological polar surface area (TPSA) is 102 Å². The number of fused-ring (bicyclic) bond motifs is 4. The van der Waals surface area contributed by atoms with Crippen LogP contribution in [0.25, 0.3) is 21.1 Å². The molecule has 0 unspecified atom stereocenters. The summed E-state index contributed by atoms with van der Waals surface area (Å²) in [7, 11) is 0. The molecule has 4 N–H and O–H groups in total. The number of hydrogen-bond donors (Lipinski definition) is 4. The number of benzene rings is 3. The number of nitrogens with zero attached hydrogens (tertiary/aromatic N) is 2. The lowest BCUT2D eigenvalue weighted by molar-refractivity contribution is 0.475. The third-order valence-corrected chi connectivity index (χ3v) is 6.41. The zero-order valence-corrected chi connectivity index (χ0v) is 17.5. The first-order valence-corrected chi connectivity index (χ1v) is 10.9. The maximum absolute atomic E-state index is 13.1. The van der Waals surface area contributed by atoms with Crippen LogP contribution in [-0.4, -0.2) is 21.0 Å². The Bertz CT molecular complexity index is 1540. The second-order valence-corrected chi connectivity index (χ2v) is 8.53. The van der Waals surface area contributed by atoms with Crippen molar-refractivity contribution in [3.05, 3.63) is 94.3 Å². The second kappa shape index (κ2) is 7.21. The fraction of sp³-hybridized carbons (Fsp3) is 0.0417. The number of aromatic nitrogens is 2. The van der Waals surface area contributed by atoms with E-state index in [1.54, 1.807) is 24.3 Å². The van der Waals surface area contributed by atoms with E-state index < -0.39 is 6.04 Å². The number of anilines is 2. The van der Waals surface area contributed by atoms with E-state index in [0.29, 0.717) is 22.3 Å². The van der Waals surface area contributed by atoms with Crippen LogP contribution in [0.4, 0.5) is 10.8 Å². The van der Waals surface area contributed by atoms with E-state index in [-0.39, 0.29) is 11.3 Å². The van der Waals surface area contributed by atoms with Crippen molar-refractivity contribution in [1.82, 2.24) is 9.97 Å². The second-order valence-electron chi connectivity index (χ2n) is 7.50. The van der Waals surface area contributed by atoms with Crippen molar-refractivity contribution in [1.29, 1.82) is 0 Å². The Kier molecular flexibility index (Phi) is 4.19. The van der Waals surface area contributed by atoms with Crippen molar-refractivity contribution in [2.45, 2.75) is 6.04 Å². The van der Waals surface area contributed by atoms with E-state index in [4.69, 9.17) is 4.99 Å². The molecule has 8 heteroatoms. The Balaban J connectivity index is 1.51. The summed E-state index contributed by atoms with van der Waals surface area (Å²) in [5.41, 5.74) is 3.50. The van der Waals surface area contributed by atoms with Crippen molar-refractivity contribution >= 4 is 49.2 Å². The molecule has 3 aromatic carbocycles. The van der Waals surface area contributed by atoms with Crippen molar-refractivity contribution in [2.24, 2.45) is 4.99 Å². The van der Waals surface area contributed by atoms with Gasteiger partial charge in [0.05, 0.1) is 27.0 Å². The van der Waals surface area contributed by atoms with Gasteiger partial charge in [-0.05, 0) is 35.9 Å². The van der Waals surface area contributed by atoms with E-state index >= 15 is 0 Å². The van der Waals surface area contributed by atoms with Gasteiger partial charge in [0.15, 0.2) is 5.13 Å². The normalized spacial score (nSPS) is 15.2. The summed E-state index contributed by atoms with van der Waals surface area (Å²) < 4.78 is 1.07. The lowest BCUT2D eigenvalue weighted by Crippen LogP contribution is -2.32. The van der Waals surface area contributed by atoms with Gasteiger partial charge in [0, 0.05) is 5.39 Å². The van der Waals surface area contributed by atoms with E-state index in [1.165, 1.54) is 11.3 Å². The molecule has 32 heavy (non-hydrogen) atoms. The van der Waals surface area contributed by atoms with Crippen LogP contribution >= 0.6 is 11.3 Å². The molecule has 0 saturated heterocycles. The van der Waals surface area contributed by atoms with Crippen LogP contribution in [0.3, 0.4) is 0 Å². The van der Waals surface area contributed by atoms with Gasteiger partial charge in [-0.3, -0.25) is 4.79 Å². The Hall–Kier alpha value is -4.17. The predicted molar refractivity (Wildman–Crippen MR) is 129 cm³/mol. The number of phenols is 1. The van der Waals surface area contributed by atoms with Gasteiger partial charge in [0.1, 0.15) is 11.8 Å². The molecule has 1 aliphatic heterocycles. The third kappa shape index (κ3) is 3.09. The van der Waals surface area contributed by atoms with Gasteiger partial charge in [-0.15, -0.1) is 0 Å². The minimum absolute atomic E-state index is 0.159. The summed E-state index contributed by atoms with van der Waals surface area (Å²) in [4.78, 5) is 25.5. The molecule has 6 rings (SSSR count). The number of aliphatic imine (C=N–C) groups is 1. The van der Waals surface area contributed by atoms with Crippen molar-refractivity contribution in [3.63, 3.8) is 0 Å². The highest BCUT2D eigenvalue weighted by Crippen LogP contribution is 2.37. The number of H-pyrrole nitrogens is 1. The SMILES string of the molecule is O=c1[nH]c2ccccc2c2c1[C@H](c1ccc(O)cc1)N=C(Nc1nc3ccccc3s1)N2. The number of hydrogen-bond acceptors (Lipinski definition) is 7. The van der Waals surface area contributed by atoms with Gasteiger partial charge in [-0.2, -0.15) is 0 Å². The average Bonchev–Trinajstić information content (AvgIpc) is 3.21. The highest BCUT2D eigenvalue weighted by atomic mass is 32.1. The number of para-hydroxylation sites is 2. The fourth-order valence-electron chi connectivity index (χ4n) is 3.99. The summed E-state index contributed by atoms with van der Waals surface area (Å²) >= 11 is 1.53. The molecule has 0 radical (unpaired) electrons. The minimum Gasteiger partial charge on any atom is -0.508 e. The number of aromatic amines is 1. The van der Waals surface area contributed by atoms with E-state index in [2.05, 4.69) is 20.6 Å². The van der Waals surface area contributed by atoms with Crippen molar-refractivity contribution < 1.29 is 5.11 Å². The Labute approximate surface area is 186 Å². The first-order chi connectivity index (χ1) is 15.7. The van der Waals surface area contributed by atoms with Crippen LogP contribution in [0.5, 0.6) is 5.75 Å². The van der Waals surface area contributed by atoms with E-state index in [0.717, 1.165) is 26.7 Å². The van der Waals surface area contributed by atoms with Crippen LogP contribution in [0.2, 0.25) is 0 Å². The van der Waals surface area contributed by atoms with Gasteiger partial charge in [0.25, 0.3) is 5.56 Å². The number of guanidine groups is 1. The van der Waals surface area contributed by atoms with Gasteiger partial charge < -0.3 is 20.7 Å². The van der Waals surface area contributed by atoms with Crippen molar-refractivity contribution in [2.75, 3.05) is 10.6 Å². The monoisotopic (exact) mass is 439 g/mol. The Morgan fingerprint density at radius 2 is 1.75 bits per heavy atom. The Morgan fingerprint density at radius 3 is 2.59 bits per heavy atom. The van der Waals surface area contributed by atoms with Crippen LogP contribution in [0, 0.1) is 0 Å². The highest BCUT2D eigenvalue weighted by molar-refractivity contribution is 7.22. The molecule has 7 nitrogen and oxygen atoms in total. The summed E-state index contributed by atoms with van der Waals surface area (Å²) in [5.74, 6) is 0.664. The number of nitrogens with one attached hydrogen (secondary N) is 3. The summed E-state index contributed by atoms with van der Waals surface area (Å²) in [6.07, 6.45) is 0. The standard InChI is InChI=1S/C24H17N5O2S/c30-14-11-9-13(10-12-14)20-19-21(15-5-1-2-6-16(15)25-22(19)31)28-23(27-20)29-24-26-17-7-3-4-8-18(17)32-24/h1-12,20,30H,(H,25,31)(H2,26,27,28,29)/t20-/m0/s1. The number of aromatic hydroxyl groups is 1. The van der Waals surface area contributed by atoms with Crippen LogP contribution in [0.15, 0.2) is 82.6 Å². The molecule has 0 amide bonds. The highest BCUT2D eigenvalue weighted by Gasteiger charge is 2.28. The first-order valence-electron chi connectivity index (χ1n) is 10.1. The number of pyridine rings is 1. The van der Waals surface area contributed by atoms with E-state index in [9.17, 15) is 9.90 Å². The molecule has 0 spiro atoms. The lowest BCUT2D eigenvalue weighted by Gasteiger charge is -2.26. The molecule has 1 atom stereocenters. The van der Waals surface area contributed by atoms with Crippen LogP contribution < -0.4 is 16.2 Å². The molecular weight excluding hydrogens is 422 g/mol. The fourth-order valence-corrected chi connectivity index (χ4v) is 4.85. The number of rotatable bonds is 2. The third-order valence-electron chi connectivity index (χ3n) is 5.46. The molecule has 156 valence electrons. The van der Waals surface area contributed by atoms with Gasteiger partial charge >= 0.3 is 0 Å².